The highest BCUT2D eigenvalue weighted by molar-refractivity contribution is 5.96. The molecule has 0 saturated carbocycles. The first-order chi connectivity index (χ1) is 13.6. The van der Waals surface area contributed by atoms with Gasteiger partial charge in [-0.3, -0.25) is 19.4 Å². The number of carbonyl (C=O) groups excluding carboxylic acids is 1. The minimum Gasteiger partial charge on any atom is -0.496 e. The molecule has 3 aromatic rings. The van der Waals surface area contributed by atoms with Gasteiger partial charge in [-0.15, -0.1) is 0 Å². The molecule has 0 aliphatic carbocycles. The number of aryl methyl sites for hydroxylation is 2. The average molecular weight is 378 g/mol. The van der Waals surface area contributed by atoms with Gasteiger partial charge in [-0.1, -0.05) is 0 Å². The summed E-state index contributed by atoms with van der Waals surface area (Å²) >= 11 is 0. The first kappa shape index (κ1) is 18.6. The number of rotatable bonds is 5. The second-order valence-electron chi connectivity index (χ2n) is 7.54. The van der Waals surface area contributed by atoms with Crippen molar-refractivity contribution in [1.29, 1.82) is 0 Å². The van der Waals surface area contributed by atoms with Gasteiger partial charge in [-0.2, -0.15) is 5.10 Å². The maximum atomic E-state index is 12.5. The molecule has 0 radical (unpaired) electrons. The molecule has 3 heterocycles. The fourth-order valence-electron chi connectivity index (χ4n) is 4.13. The average Bonchev–Trinajstić information content (AvgIpc) is 3.15. The second-order valence-corrected chi connectivity index (χ2v) is 7.54. The molecule has 28 heavy (non-hydrogen) atoms. The van der Waals surface area contributed by atoms with Crippen LogP contribution < -0.4 is 4.74 Å². The lowest BCUT2D eigenvalue weighted by Crippen LogP contribution is -2.37. The van der Waals surface area contributed by atoms with Gasteiger partial charge in [0.25, 0.3) is 0 Å². The zero-order valence-corrected chi connectivity index (χ0v) is 16.7. The predicted molar refractivity (Wildman–Crippen MR) is 109 cm³/mol. The largest absolute Gasteiger partial charge is 0.496 e. The number of carbonyl (C=O) groups is 1. The van der Waals surface area contributed by atoms with Gasteiger partial charge >= 0.3 is 0 Å². The van der Waals surface area contributed by atoms with E-state index < -0.39 is 0 Å². The summed E-state index contributed by atoms with van der Waals surface area (Å²) in [5, 5.41) is 6.43. The molecular weight excluding hydrogens is 352 g/mol. The van der Waals surface area contributed by atoms with Crippen LogP contribution in [0.4, 0.5) is 0 Å². The van der Waals surface area contributed by atoms with E-state index in [-0.39, 0.29) is 5.78 Å². The van der Waals surface area contributed by atoms with Crippen LogP contribution in [-0.4, -0.2) is 52.2 Å². The van der Waals surface area contributed by atoms with Crippen LogP contribution in [0.2, 0.25) is 0 Å². The van der Waals surface area contributed by atoms with Crippen molar-refractivity contribution in [2.24, 2.45) is 7.05 Å². The van der Waals surface area contributed by atoms with Crippen LogP contribution in [-0.2, 0) is 7.05 Å². The van der Waals surface area contributed by atoms with Crippen molar-refractivity contribution in [2.75, 3.05) is 26.7 Å². The lowest BCUT2D eigenvalue weighted by atomic mass is 9.91. The minimum absolute atomic E-state index is 0.130. The van der Waals surface area contributed by atoms with Crippen LogP contribution in [0.3, 0.4) is 0 Å². The Morgan fingerprint density at radius 2 is 2.04 bits per heavy atom. The van der Waals surface area contributed by atoms with Crippen LogP contribution in [0.25, 0.3) is 10.8 Å². The molecule has 1 aliphatic rings. The van der Waals surface area contributed by atoms with E-state index in [0.29, 0.717) is 18.2 Å². The Bertz CT molecular complexity index is 1000. The number of pyridine rings is 1. The van der Waals surface area contributed by atoms with Crippen LogP contribution in [0.15, 0.2) is 36.7 Å². The van der Waals surface area contributed by atoms with Gasteiger partial charge in [-0.05, 0) is 68.1 Å². The molecule has 1 aromatic carbocycles. The van der Waals surface area contributed by atoms with Crippen molar-refractivity contribution >= 4 is 16.6 Å². The van der Waals surface area contributed by atoms with E-state index >= 15 is 0 Å². The molecule has 1 saturated heterocycles. The number of hydrogen-bond acceptors (Lipinski definition) is 5. The highest BCUT2D eigenvalue weighted by Crippen LogP contribution is 2.32. The Morgan fingerprint density at radius 3 is 2.71 bits per heavy atom. The maximum Gasteiger partial charge on any atom is 0.194 e. The molecule has 1 fully saturated rings. The molecule has 0 atom stereocenters. The zero-order valence-electron chi connectivity index (χ0n) is 16.7. The second kappa shape index (κ2) is 7.72. The highest BCUT2D eigenvalue weighted by atomic mass is 16.5. The minimum atomic E-state index is 0.130. The predicted octanol–water partition coefficient (Wildman–Crippen LogP) is 3.35. The van der Waals surface area contributed by atoms with Crippen molar-refractivity contribution < 1.29 is 9.53 Å². The number of fused-ring (bicyclic) bond motifs is 1. The van der Waals surface area contributed by atoms with Crippen LogP contribution in [0.1, 0.15) is 40.5 Å². The monoisotopic (exact) mass is 378 g/mol. The van der Waals surface area contributed by atoms with Gasteiger partial charge in [0.2, 0.25) is 0 Å². The summed E-state index contributed by atoms with van der Waals surface area (Å²) in [5.74, 6) is 1.47. The fraction of sp³-hybridized carbons (Fsp3) is 0.409. The number of aromatic nitrogens is 3. The van der Waals surface area contributed by atoms with Crippen LogP contribution >= 0.6 is 0 Å². The topological polar surface area (TPSA) is 60.2 Å². The number of hydrogen-bond donors (Lipinski definition) is 0. The molecule has 0 spiro atoms. The van der Waals surface area contributed by atoms with Gasteiger partial charge in [0.15, 0.2) is 5.78 Å². The molecule has 0 bridgehead atoms. The van der Waals surface area contributed by atoms with E-state index in [9.17, 15) is 4.79 Å². The Morgan fingerprint density at radius 1 is 1.25 bits per heavy atom. The van der Waals surface area contributed by atoms with Gasteiger partial charge in [-0.25, -0.2) is 0 Å². The van der Waals surface area contributed by atoms with E-state index in [1.54, 1.807) is 24.1 Å². The molecule has 0 amide bonds. The fourth-order valence-corrected chi connectivity index (χ4v) is 4.13. The third-order valence-corrected chi connectivity index (χ3v) is 5.84. The van der Waals surface area contributed by atoms with Gasteiger partial charge < -0.3 is 4.74 Å². The number of methoxy groups -OCH3 is 1. The van der Waals surface area contributed by atoms with E-state index in [1.807, 2.05) is 19.3 Å². The molecule has 0 unspecified atom stereocenters. The number of ketones is 1. The van der Waals surface area contributed by atoms with E-state index in [4.69, 9.17) is 9.72 Å². The summed E-state index contributed by atoms with van der Waals surface area (Å²) in [4.78, 5) is 19.4. The normalized spacial score (nSPS) is 15.8. The Balaban J connectivity index is 1.44. The smallest absolute Gasteiger partial charge is 0.194 e. The lowest BCUT2D eigenvalue weighted by Gasteiger charge is -2.31. The Kier molecular flexibility index (Phi) is 5.13. The number of ether oxygens (including phenoxy) is 1. The van der Waals surface area contributed by atoms with Crippen molar-refractivity contribution in [2.45, 2.75) is 25.7 Å². The van der Waals surface area contributed by atoms with Gasteiger partial charge in [0, 0.05) is 36.4 Å². The quantitative estimate of drug-likeness (QED) is 0.637. The van der Waals surface area contributed by atoms with E-state index in [2.05, 4.69) is 29.1 Å². The van der Waals surface area contributed by atoms with E-state index in [1.165, 1.54) is 5.39 Å². The van der Waals surface area contributed by atoms with E-state index in [0.717, 1.165) is 48.3 Å². The third kappa shape index (κ3) is 3.52. The van der Waals surface area contributed by atoms with Crippen LogP contribution in [0, 0.1) is 6.92 Å². The molecule has 4 rings (SSSR count). The van der Waals surface area contributed by atoms with Crippen molar-refractivity contribution in [1.82, 2.24) is 19.7 Å². The summed E-state index contributed by atoms with van der Waals surface area (Å²) in [6, 6.07) is 8.06. The summed E-state index contributed by atoms with van der Waals surface area (Å²) < 4.78 is 7.11. The zero-order chi connectivity index (χ0) is 19.7. The van der Waals surface area contributed by atoms with Gasteiger partial charge in [0.1, 0.15) is 11.4 Å². The summed E-state index contributed by atoms with van der Waals surface area (Å²) in [7, 11) is 3.51. The molecule has 1 aliphatic heterocycles. The standard InChI is InChI=1S/C22H26N4O2/c1-15-18-12-19(23-13-17(18)4-5-22(15)28-3)16-7-10-26(11-8-16)14-21(27)20-6-9-24-25(20)2/h4-6,9,12-13,16H,7-8,10-11,14H2,1-3H3. The molecule has 2 aromatic heterocycles. The van der Waals surface area contributed by atoms with Crippen molar-refractivity contribution in [3.63, 3.8) is 0 Å². The number of nitrogens with zero attached hydrogens (tertiary/aromatic N) is 4. The number of likely N-dealkylation sites (tertiary alicyclic amines) is 1. The molecule has 146 valence electrons. The number of piperidine rings is 1. The highest BCUT2D eigenvalue weighted by Gasteiger charge is 2.24. The Hall–Kier alpha value is -2.73. The van der Waals surface area contributed by atoms with Gasteiger partial charge in [0.05, 0.1) is 13.7 Å². The SMILES string of the molecule is COc1ccc2cnc(C3CCN(CC(=O)c4ccnn4C)CC3)cc2c1C. The molecule has 6 heteroatoms. The van der Waals surface area contributed by atoms with Crippen molar-refractivity contribution in [3.05, 3.63) is 53.6 Å². The first-order valence-electron chi connectivity index (χ1n) is 9.73. The maximum absolute atomic E-state index is 12.5. The van der Waals surface area contributed by atoms with Crippen molar-refractivity contribution in [3.8, 4) is 5.75 Å². The third-order valence-electron chi connectivity index (χ3n) is 5.84. The summed E-state index contributed by atoms with van der Waals surface area (Å²) in [6.45, 7) is 4.36. The van der Waals surface area contributed by atoms with Crippen LogP contribution in [0.5, 0.6) is 5.75 Å². The first-order valence-corrected chi connectivity index (χ1v) is 9.73. The molecule has 0 N–H and O–H groups in total. The lowest BCUT2D eigenvalue weighted by molar-refractivity contribution is 0.0899. The Labute approximate surface area is 165 Å². The molecule has 6 nitrogen and oxygen atoms in total. The molecular formula is C22H26N4O2. The summed E-state index contributed by atoms with van der Waals surface area (Å²) in [6.07, 6.45) is 5.66. The number of benzene rings is 1. The summed E-state index contributed by atoms with van der Waals surface area (Å²) in [5.41, 5.74) is 2.96. The number of Topliss-reactive ketones (excluding diaryl/α,β-unsaturated/α-hetero) is 1.